The Morgan fingerprint density at radius 1 is 1.06 bits per heavy atom. The Morgan fingerprint density at radius 3 is 2.33 bits per heavy atom. The van der Waals surface area contributed by atoms with Crippen LogP contribution in [-0.4, -0.2) is 54.4 Å². The normalized spacial score (nSPS) is 39.6. The predicted octanol–water partition coefficient (Wildman–Crippen LogP) is 4.82. The van der Waals surface area contributed by atoms with E-state index in [1.165, 1.54) is 6.07 Å². The number of carbonyl (C=O) groups excluding carboxylic acids is 2. The van der Waals surface area contributed by atoms with Gasteiger partial charge < -0.3 is 20.1 Å². The summed E-state index contributed by atoms with van der Waals surface area (Å²) < 4.78 is 6.50. The number of ether oxygens (including phenoxy) is 1. The quantitative estimate of drug-likeness (QED) is 0.504. The predicted molar refractivity (Wildman–Crippen MR) is 125 cm³/mol. The van der Waals surface area contributed by atoms with Crippen LogP contribution in [0.5, 0.6) is 11.5 Å². The second-order valence-electron chi connectivity index (χ2n) is 11.4. The van der Waals surface area contributed by atoms with Gasteiger partial charge in [0.15, 0.2) is 11.6 Å². The lowest BCUT2D eigenvalue weighted by molar-refractivity contribution is -0.196. The molecular weight excluding hydrogens is 467 g/mol. The second kappa shape index (κ2) is 7.58. The molecular formula is C25H32Cl2O6. The number of aromatic hydroxyl groups is 2. The van der Waals surface area contributed by atoms with Gasteiger partial charge in [-0.2, -0.15) is 0 Å². The fourth-order valence-electron chi connectivity index (χ4n) is 6.31. The van der Waals surface area contributed by atoms with E-state index in [2.05, 4.69) is 0 Å². The van der Waals surface area contributed by atoms with Crippen LogP contribution in [0.3, 0.4) is 0 Å². The number of Topliss-reactive ketones (excluding diaryl/α,β-unsaturated/α-hetero) is 2. The van der Waals surface area contributed by atoms with Crippen molar-refractivity contribution in [2.45, 2.75) is 87.9 Å². The average molecular weight is 499 g/mol. The van der Waals surface area contributed by atoms with Gasteiger partial charge in [-0.25, -0.2) is 0 Å². The smallest absolute Gasteiger partial charge is 0.196 e. The minimum absolute atomic E-state index is 0.0638. The van der Waals surface area contributed by atoms with Crippen molar-refractivity contribution in [2.24, 2.45) is 17.3 Å². The number of rotatable bonds is 2. The highest BCUT2D eigenvalue weighted by Crippen LogP contribution is 2.58. The molecule has 1 aromatic rings. The lowest BCUT2D eigenvalue weighted by Gasteiger charge is -2.58. The standard InChI is InChI=1S/C25H32Cl2O6/c1-22(2)16(24(5,32)7-6-17(22)26)11-25-14(10-18(27)23(3,4)33-25)20(30)19-13(21(25)31)8-12(28)9-15(19)29/h8-9,14,16-18,28-29,32H,6-7,10-11H2,1-5H3/t14-,16-,17-,18-,24-,25+/m0/s1. The van der Waals surface area contributed by atoms with Crippen LogP contribution in [0, 0.1) is 17.3 Å². The minimum atomic E-state index is -1.61. The molecule has 0 unspecified atom stereocenters. The van der Waals surface area contributed by atoms with Crippen LogP contribution in [0.1, 0.15) is 81.0 Å². The van der Waals surface area contributed by atoms with Crippen molar-refractivity contribution < 1.29 is 29.6 Å². The van der Waals surface area contributed by atoms with Crippen molar-refractivity contribution in [2.75, 3.05) is 0 Å². The molecule has 33 heavy (non-hydrogen) atoms. The van der Waals surface area contributed by atoms with Gasteiger partial charge in [0, 0.05) is 17.0 Å². The van der Waals surface area contributed by atoms with Gasteiger partial charge in [-0.15, -0.1) is 23.2 Å². The first kappa shape index (κ1) is 24.8. The van der Waals surface area contributed by atoms with E-state index in [1.807, 2.05) is 13.8 Å². The van der Waals surface area contributed by atoms with Crippen molar-refractivity contribution in [3.63, 3.8) is 0 Å². The molecule has 1 saturated carbocycles. The number of aliphatic hydroxyl groups is 1. The van der Waals surface area contributed by atoms with Crippen LogP contribution in [-0.2, 0) is 4.74 Å². The molecule has 0 spiro atoms. The van der Waals surface area contributed by atoms with Crippen LogP contribution in [0.2, 0.25) is 0 Å². The van der Waals surface area contributed by atoms with E-state index < -0.39 is 56.7 Å². The number of hydrogen-bond donors (Lipinski definition) is 3. The monoisotopic (exact) mass is 498 g/mol. The molecule has 0 amide bonds. The summed E-state index contributed by atoms with van der Waals surface area (Å²) in [5.74, 6) is -3.11. The van der Waals surface area contributed by atoms with E-state index in [-0.39, 0.29) is 35.1 Å². The average Bonchev–Trinajstić information content (AvgIpc) is 2.68. The van der Waals surface area contributed by atoms with E-state index >= 15 is 0 Å². The highest BCUT2D eigenvalue weighted by molar-refractivity contribution is 6.24. The molecule has 6 atom stereocenters. The molecule has 182 valence electrons. The molecule has 6 nitrogen and oxygen atoms in total. The Labute approximate surface area is 204 Å². The molecule has 8 heteroatoms. The Morgan fingerprint density at radius 2 is 1.70 bits per heavy atom. The van der Waals surface area contributed by atoms with Gasteiger partial charge in [0.25, 0.3) is 0 Å². The van der Waals surface area contributed by atoms with Gasteiger partial charge >= 0.3 is 0 Å². The Bertz CT molecular complexity index is 1020. The largest absolute Gasteiger partial charge is 0.508 e. The number of halogens is 2. The van der Waals surface area contributed by atoms with Crippen molar-refractivity contribution in [3.8, 4) is 11.5 Å². The molecule has 2 aliphatic carbocycles. The molecule has 3 N–H and O–H groups in total. The summed E-state index contributed by atoms with van der Waals surface area (Å²) in [5.41, 5.74) is -4.43. The number of ketones is 2. The van der Waals surface area contributed by atoms with Crippen LogP contribution >= 0.6 is 23.2 Å². The fraction of sp³-hybridized carbons (Fsp3) is 0.680. The van der Waals surface area contributed by atoms with E-state index in [9.17, 15) is 24.9 Å². The summed E-state index contributed by atoms with van der Waals surface area (Å²) in [4.78, 5) is 27.8. The number of carbonyl (C=O) groups is 2. The summed E-state index contributed by atoms with van der Waals surface area (Å²) in [5, 5.41) is 31.1. The van der Waals surface area contributed by atoms with E-state index in [0.717, 1.165) is 6.07 Å². The van der Waals surface area contributed by atoms with Crippen LogP contribution in [0.4, 0.5) is 0 Å². The maximum absolute atomic E-state index is 14.1. The molecule has 1 heterocycles. The summed E-state index contributed by atoms with van der Waals surface area (Å²) in [7, 11) is 0. The van der Waals surface area contributed by atoms with Crippen LogP contribution < -0.4 is 0 Å². The number of phenolic OH excluding ortho intramolecular Hbond substituents is 2. The maximum atomic E-state index is 14.1. The second-order valence-corrected chi connectivity index (χ2v) is 12.4. The fourth-order valence-corrected chi connectivity index (χ4v) is 6.79. The molecule has 0 radical (unpaired) electrons. The third-order valence-corrected chi connectivity index (χ3v) is 9.85. The highest BCUT2D eigenvalue weighted by Gasteiger charge is 2.65. The highest BCUT2D eigenvalue weighted by atomic mass is 35.5. The molecule has 1 aliphatic heterocycles. The van der Waals surface area contributed by atoms with Gasteiger partial charge in [0.2, 0.25) is 0 Å². The van der Waals surface area contributed by atoms with Gasteiger partial charge in [0.05, 0.1) is 28.1 Å². The summed E-state index contributed by atoms with van der Waals surface area (Å²) in [6.07, 6.45) is 1.33. The van der Waals surface area contributed by atoms with Crippen LogP contribution in [0.15, 0.2) is 12.1 Å². The van der Waals surface area contributed by atoms with Gasteiger partial charge in [0.1, 0.15) is 17.1 Å². The van der Waals surface area contributed by atoms with Crippen LogP contribution in [0.25, 0.3) is 0 Å². The first-order chi connectivity index (χ1) is 15.0. The zero-order valence-corrected chi connectivity index (χ0v) is 21.1. The number of fused-ring (bicyclic) bond motifs is 2. The van der Waals surface area contributed by atoms with E-state index in [4.69, 9.17) is 27.9 Å². The molecule has 1 saturated heterocycles. The van der Waals surface area contributed by atoms with E-state index in [1.54, 1.807) is 20.8 Å². The molecule has 2 fully saturated rings. The Kier molecular flexibility index (Phi) is 5.69. The summed E-state index contributed by atoms with van der Waals surface area (Å²) in [6, 6.07) is 2.25. The molecule has 0 bridgehead atoms. The van der Waals surface area contributed by atoms with Crippen molar-refractivity contribution in [1.29, 1.82) is 0 Å². The topological polar surface area (TPSA) is 104 Å². The lowest BCUT2D eigenvalue weighted by atomic mass is 9.54. The first-order valence-electron chi connectivity index (χ1n) is 11.4. The number of benzene rings is 1. The minimum Gasteiger partial charge on any atom is -0.508 e. The molecule has 0 aromatic heterocycles. The Hall–Kier alpha value is -1.34. The summed E-state index contributed by atoms with van der Waals surface area (Å²) in [6.45, 7) is 9.24. The molecule has 4 rings (SSSR count). The Balaban J connectivity index is 1.93. The van der Waals surface area contributed by atoms with Crippen molar-refractivity contribution in [3.05, 3.63) is 23.3 Å². The zero-order valence-electron chi connectivity index (χ0n) is 19.6. The zero-order chi connectivity index (χ0) is 24.7. The van der Waals surface area contributed by atoms with E-state index in [0.29, 0.717) is 12.8 Å². The van der Waals surface area contributed by atoms with Gasteiger partial charge in [-0.3, -0.25) is 9.59 Å². The SMILES string of the molecule is CC1(C)O[C@@]2(C[C@H]3C(C)(C)[C@@H](Cl)CC[C@]3(C)O)C(=O)c3cc(O)cc(O)c3C(=O)[C@@H]2C[C@@H]1Cl. The third-order valence-electron chi connectivity index (χ3n) is 8.37. The molecule has 3 aliphatic rings. The maximum Gasteiger partial charge on any atom is 0.196 e. The number of alkyl halides is 2. The van der Waals surface area contributed by atoms with Gasteiger partial charge in [-0.05, 0) is 63.9 Å². The summed E-state index contributed by atoms with van der Waals surface area (Å²) >= 11 is 13.3. The van der Waals surface area contributed by atoms with Crippen molar-refractivity contribution >= 4 is 34.8 Å². The first-order valence-corrected chi connectivity index (χ1v) is 12.3. The number of phenols is 2. The molecule has 1 aromatic carbocycles. The lowest BCUT2D eigenvalue weighted by Crippen LogP contribution is -2.67. The number of hydrogen-bond acceptors (Lipinski definition) is 6. The van der Waals surface area contributed by atoms with Gasteiger partial charge in [-0.1, -0.05) is 13.8 Å². The van der Waals surface area contributed by atoms with Crippen molar-refractivity contribution in [1.82, 2.24) is 0 Å². The third kappa shape index (κ3) is 3.60.